The lowest BCUT2D eigenvalue weighted by Gasteiger charge is -2.18. The van der Waals surface area contributed by atoms with Crippen LogP contribution in [0.25, 0.3) is 54.7 Å². The zero-order chi connectivity index (χ0) is 21.9. The summed E-state index contributed by atoms with van der Waals surface area (Å²) < 4.78 is 6.66. The summed E-state index contributed by atoms with van der Waals surface area (Å²) in [6, 6.07) is 28.0. The highest BCUT2D eigenvalue weighted by Crippen LogP contribution is 2.40. The molecule has 0 amide bonds. The molecule has 0 radical (unpaired) electrons. The van der Waals surface area contributed by atoms with E-state index in [0.717, 1.165) is 39.6 Å². The van der Waals surface area contributed by atoms with E-state index in [1.165, 1.54) is 27.1 Å². The third-order valence-corrected chi connectivity index (χ3v) is 6.21. The van der Waals surface area contributed by atoms with Crippen LogP contribution in [0.1, 0.15) is 26.3 Å². The van der Waals surface area contributed by atoms with Crippen molar-refractivity contribution < 1.29 is 4.42 Å². The fourth-order valence-corrected chi connectivity index (χ4v) is 4.89. The van der Waals surface area contributed by atoms with Crippen molar-refractivity contribution >= 4 is 43.5 Å². The van der Waals surface area contributed by atoms with Crippen molar-refractivity contribution in [3.63, 3.8) is 0 Å². The van der Waals surface area contributed by atoms with Gasteiger partial charge in [-0.1, -0.05) is 75.4 Å². The number of benzene rings is 4. The molecule has 6 aromatic rings. The molecule has 0 N–H and O–H groups in total. The summed E-state index contributed by atoms with van der Waals surface area (Å²) in [5.41, 5.74) is 5.39. The maximum Gasteiger partial charge on any atom is 0.144 e. The zero-order valence-electron chi connectivity index (χ0n) is 18.6. The lowest BCUT2D eigenvalue weighted by atomic mass is 9.88. The summed E-state index contributed by atoms with van der Waals surface area (Å²) in [7, 11) is 0. The van der Waals surface area contributed by atoms with E-state index in [0.29, 0.717) is 0 Å². The first kappa shape index (κ1) is 19.1. The van der Waals surface area contributed by atoms with E-state index < -0.39 is 0 Å². The van der Waals surface area contributed by atoms with Crippen molar-refractivity contribution in [2.45, 2.75) is 27.2 Å². The Kier molecular flexibility index (Phi) is 4.13. The molecular formula is C30H25NO. The summed E-state index contributed by atoms with van der Waals surface area (Å²) in [5, 5.41) is 7.11. The van der Waals surface area contributed by atoms with Crippen LogP contribution in [0.15, 0.2) is 89.5 Å². The Morgan fingerprint density at radius 1 is 0.719 bits per heavy atom. The van der Waals surface area contributed by atoms with Crippen LogP contribution in [0, 0.1) is 5.41 Å². The standard InChI is InChI=1S/C30H25NO/c1-30(2,3)18-19-15-16-31-26(17-19)25-10-6-9-23-24-14-13-21-12-11-20-7-4-5-8-22(20)27(21)29(24)32-28(23)25/h4-17H,18H2,1-3H3. The van der Waals surface area contributed by atoms with Gasteiger partial charge in [0.1, 0.15) is 11.2 Å². The smallest absolute Gasteiger partial charge is 0.144 e. The predicted molar refractivity (Wildman–Crippen MR) is 135 cm³/mol. The van der Waals surface area contributed by atoms with Gasteiger partial charge in [-0.25, -0.2) is 0 Å². The number of furan rings is 1. The number of rotatable bonds is 2. The summed E-state index contributed by atoms with van der Waals surface area (Å²) in [6.45, 7) is 6.80. The second-order valence-corrected chi connectivity index (χ2v) is 9.90. The summed E-state index contributed by atoms with van der Waals surface area (Å²) in [5.74, 6) is 0. The minimum Gasteiger partial charge on any atom is -0.455 e. The predicted octanol–water partition coefficient (Wildman–Crippen LogP) is 8.54. The molecule has 0 atom stereocenters. The van der Waals surface area contributed by atoms with Gasteiger partial charge in [0.15, 0.2) is 0 Å². The molecular weight excluding hydrogens is 390 g/mol. The summed E-state index contributed by atoms with van der Waals surface area (Å²) >= 11 is 0. The molecule has 0 saturated carbocycles. The van der Waals surface area contributed by atoms with Gasteiger partial charge in [0.25, 0.3) is 0 Å². The van der Waals surface area contributed by atoms with Gasteiger partial charge in [0.05, 0.1) is 5.69 Å². The van der Waals surface area contributed by atoms with Gasteiger partial charge in [-0.2, -0.15) is 0 Å². The van der Waals surface area contributed by atoms with Crippen LogP contribution < -0.4 is 0 Å². The number of aromatic nitrogens is 1. The van der Waals surface area contributed by atoms with Crippen LogP contribution in [-0.4, -0.2) is 4.98 Å². The molecule has 2 nitrogen and oxygen atoms in total. The van der Waals surface area contributed by atoms with E-state index in [-0.39, 0.29) is 5.41 Å². The highest BCUT2D eigenvalue weighted by molar-refractivity contribution is 6.23. The molecule has 0 unspecified atom stereocenters. The van der Waals surface area contributed by atoms with Crippen LogP contribution in [0.5, 0.6) is 0 Å². The van der Waals surface area contributed by atoms with Crippen LogP contribution in [-0.2, 0) is 6.42 Å². The lowest BCUT2D eigenvalue weighted by molar-refractivity contribution is 0.411. The largest absolute Gasteiger partial charge is 0.455 e. The molecule has 2 heteroatoms. The average molecular weight is 416 g/mol. The van der Waals surface area contributed by atoms with Gasteiger partial charge in [0.2, 0.25) is 0 Å². The molecule has 0 saturated heterocycles. The Balaban J connectivity index is 1.64. The topological polar surface area (TPSA) is 26.0 Å². The fourth-order valence-electron chi connectivity index (χ4n) is 4.89. The molecule has 32 heavy (non-hydrogen) atoms. The van der Waals surface area contributed by atoms with Crippen molar-refractivity contribution in [3.05, 3.63) is 90.6 Å². The highest BCUT2D eigenvalue weighted by Gasteiger charge is 2.17. The molecule has 6 rings (SSSR count). The Morgan fingerprint density at radius 2 is 1.47 bits per heavy atom. The quantitative estimate of drug-likeness (QED) is 0.265. The normalized spacial score (nSPS) is 12.3. The molecule has 0 aliphatic rings. The molecule has 0 bridgehead atoms. The van der Waals surface area contributed by atoms with Gasteiger partial charge in [0, 0.05) is 27.9 Å². The number of hydrogen-bond donors (Lipinski definition) is 0. The molecule has 2 aromatic heterocycles. The Bertz CT molecular complexity index is 1630. The summed E-state index contributed by atoms with van der Waals surface area (Å²) in [4.78, 5) is 4.71. The number of nitrogens with zero attached hydrogens (tertiary/aromatic N) is 1. The third kappa shape index (κ3) is 3.06. The molecule has 0 spiro atoms. The van der Waals surface area contributed by atoms with Gasteiger partial charge in [-0.3, -0.25) is 4.98 Å². The second kappa shape index (κ2) is 6.93. The van der Waals surface area contributed by atoms with E-state index >= 15 is 0 Å². The highest BCUT2D eigenvalue weighted by atomic mass is 16.3. The molecule has 0 aliphatic carbocycles. The maximum absolute atomic E-state index is 6.66. The maximum atomic E-state index is 6.66. The Labute approximate surface area is 187 Å². The van der Waals surface area contributed by atoms with E-state index in [4.69, 9.17) is 9.40 Å². The van der Waals surface area contributed by atoms with Gasteiger partial charge >= 0.3 is 0 Å². The monoisotopic (exact) mass is 415 g/mol. The van der Waals surface area contributed by atoms with Crippen LogP contribution in [0.3, 0.4) is 0 Å². The number of para-hydroxylation sites is 1. The first-order valence-corrected chi connectivity index (χ1v) is 11.2. The number of fused-ring (bicyclic) bond motifs is 7. The zero-order valence-corrected chi connectivity index (χ0v) is 18.6. The molecule has 0 aliphatic heterocycles. The van der Waals surface area contributed by atoms with E-state index in [1.54, 1.807) is 0 Å². The SMILES string of the molecule is CC(C)(C)Cc1ccnc(-c2cccc3c2oc2c3ccc3ccc4ccccc4c32)c1. The molecule has 4 aromatic carbocycles. The second-order valence-electron chi connectivity index (χ2n) is 9.90. The first-order valence-electron chi connectivity index (χ1n) is 11.2. The van der Waals surface area contributed by atoms with Crippen LogP contribution in [0.2, 0.25) is 0 Å². The summed E-state index contributed by atoms with van der Waals surface area (Å²) in [6.07, 6.45) is 2.93. The minimum absolute atomic E-state index is 0.226. The van der Waals surface area contributed by atoms with Gasteiger partial charge in [-0.15, -0.1) is 0 Å². The van der Waals surface area contributed by atoms with Crippen molar-refractivity contribution in [2.24, 2.45) is 5.41 Å². The van der Waals surface area contributed by atoms with Crippen molar-refractivity contribution in [1.82, 2.24) is 4.98 Å². The Hall–Kier alpha value is -3.65. The number of pyridine rings is 1. The van der Waals surface area contributed by atoms with Crippen LogP contribution in [0.4, 0.5) is 0 Å². The van der Waals surface area contributed by atoms with Crippen molar-refractivity contribution in [3.8, 4) is 11.3 Å². The molecule has 0 fully saturated rings. The third-order valence-electron chi connectivity index (χ3n) is 6.21. The van der Waals surface area contributed by atoms with Gasteiger partial charge < -0.3 is 4.42 Å². The fraction of sp³-hybridized carbons (Fsp3) is 0.167. The lowest BCUT2D eigenvalue weighted by Crippen LogP contribution is -2.09. The van der Waals surface area contributed by atoms with E-state index in [2.05, 4.69) is 99.6 Å². The molecule has 2 heterocycles. The Morgan fingerprint density at radius 3 is 2.34 bits per heavy atom. The van der Waals surface area contributed by atoms with Crippen molar-refractivity contribution in [2.75, 3.05) is 0 Å². The average Bonchev–Trinajstić information content (AvgIpc) is 3.17. The van der Waals surface area contributed by atoms with E-state index in [1.807, 2.05) is 6.20 Å². The van der Waals surface area contributed by atoms with Crippen LogP contribution >= 0.6 is 0 Å². The van der Waals surface area contributed by atoms with Crippen molar-refractivity contribution in [1.29, 1.82) is 0 Å². The molecule has 156 valence electrons. The first-order chi connectivity index (χ1) is 15.5. The minimum atomic E-state index is 0.226. The van der Waals surface area contributed by atoms with Gasteiger partial charge in [-0.05, 0) is 57.8 Å². The number of hydrogen-bond acceptors (Lipinski definition) is 2. The van der Waals surface area contributed by atoms with E-state index in [9.17, 15) is 0 Å².